The van der Waals surface area contributed by atoms with Gasteiger partial charge in [0.15, 0.2) is 0 Å². The molecule has 4 nitrogen and oxygen atoms in total. The lowest BCUT2D eigenvalue weighted by Crippen LogP contribution is -2.51. The van der Waals surface area contributed by atoms with Gasteiger partial charge in [0, 0.05) is 17.6 Å². The zero-order valence-corrected chi connectivity index (χ0v) is 17.1. The number of likely N-dealkylation sites (tertiary alicyclic amines) is 1. The zero-order valence-electron chi connectivity index (χ0n) is 17.1. The van der Waals surface area contributed by atoms with Crippen LogP contribution in [0.4, 0.5) is 0 Å². The summed E-state index contributed by atoms with van der Waals surface area (Å²) in [7, 11) is 0. The van der Waals surface area contributed by atoms with Crippen molar-refractivity contribution in [3.05, 3.63) is 59.7 Å². The van der Waals surface area contributed by atoms with Crippen molar-refractivity contribution in [2.24, 2.45) is 0 Å². The number of benzene rings is 2. The van der Waals surface area contributed by atoms with E-state index in [0.29, 0.717) is 5.56 Å². The quantitative estimate of drug-likeness (QED) is 0.788. The first-order valence-corrected chi connectivity index (χ1v) is 10.3. The minimum atomic E-state index is -0.264. The number of carbonyl (C=O) groups is 1. The Morgan fingerprint density at radius 2 is 1.46 bits per heavy atom. The summed E-state index contributed by atoms with van der Waals surface area (Å²) in [4.78, 5) is 15.2. The molecule has 28 heavy (non-hydrogen) atoms. The van der Waals surface area contributed by atoms with Crippen LogP contribution >= 0.6 is 0 Å². The number of hydrogen-bond donors (Lipinski definition) is 2. The highest BCUT2D eigenvalue weighted by atomic mass is 16.3. The van der Waals surface area contributed by atoms with Crippen LogP contribution in [0.15, 0.2) is 48.5 Å². The molecule has 2 aromatic rings. The smallest absolute Gasteiger partial charge is 0.251 e. The molecule has 4 heteroatoms. The van der Waals surface area contributed by atoms with Gasteiger partial charge in [0.1, 0.15) is 0 Å². The second-order valence-corrected chi connectivity index (χ2v) is 8.46. The van der Waals surface area contributed by atoms with E-state index in [9.17, 15) is 4.79 Å². The van der Waals surface area contributed by atoms with Gasteiger partial charge in [0.2, 0.25) is 0 Å². The molecular formula is C24H32N2O2. The Morgan fingerprint density at radius 3 is 2.00 bits per heavy atom. The van der Waals surface area contributed by atoms with E-state index >= 15 is 0 Å². The Labute approximate surface area is 168 Å². The van der Waals surface area contributed by atoms with Crippen molar-refractivity contribution in [2.45, 2.75) is 51.7 Å². The average Bonchev–Trinajstić information content (AvgIpc) is 2.96. The summed E-state index contributed by atoms with van der Waals surface area (Å²) in [5, 5.41) is 12.4. The molecule has 1 fully saturated rings. The summed E-state index contributed by atoms with van der Waals surface area (Å²) in [6.07, 6.45) is 5.15. The van der Waals surface area contributed by atoms with Crippen molar-refractivity contribution in [2.75, 3.05) is 19.6 Å². The summed E-state index contributed by atoms with van der Waals surface area (Å²) in [5.41, 5.74) is 3.45. The molecule has 1 aliphatic heterocycles. The molecule has 1 heterocycles. The molecule has 0 aliphatic carbocycles. The fourth-order valence-electron chi connectivity index (χ4n) is 3.89. The molecule has 1 saturated heterocycles. The van der Waals surface area contributed by atoms with Crippen LogP contribution in [-0.4, -0.2) is 41.1 Å². The average molecular weight is 381 g/mol. The summed E-state index contributed by atoms with van der Waals surface area (Å²) in [6.45, 7) is 7.40. The Kier molecular flexibility index (Phi) is 6.87. The van der Waals surface area contributed by atoms with Gasteiger partial charge in [-0.1, -0.05) is 49.2 Å². The van der Waals surface area contributed by atoms with E-state index in [1.807, 2.05) is 48.5 Å². The highest BCUT2D eigenvalue weighted by Gasteiger charge is 2.24. The maximum atomic E-state index is 12.7. The summed E-state index contributed by atoms with van der Waals surface area (Å²) in [5.74, 6) is -0.0259. The van der Waals surface area contributed by atoms with E-state index < -0.39 is 0 Å². The number of nitrogens with zero attached hydrogens (tertiary/aromatic N) is 1. The second kappa shape index (κ2) is 9.35. The SMILES string of the molecule is CC(C)(CN1CCCCCC1)NC(=O)c1ccc(-c2ccc(CO)cc2)cc1. The van der Waals surface area contributed by atoms with Crippen molar-refractivity contribution in [1.29, 1.82) is 0 Å². The van der Waals surface area contributed by atoms with E-state index in [2.05, 4.69) is 24.1 Å². The van der Waals surface area contributed by atoms with Gasteiger partial charge >= 0.3 is 0 Å². The predicted molar refractivity (Wildman–Crippen MR) is 114 cm³/mol. The Hall–Kier alpha value is -2.17. The second-order valence-electron chi connectivity index (χ2n) is 8.46. The minimum absolute atomic E-state index is 0.0259. The summed E-state index contributed by atoms with van der Waals surface area (Å²) < 4.78 is 0. The van der Waals surface area contributed by atoms with E-state index in [4.69, 9.17) is 5.11 Å². The molecule has 2 aromatic carbocycles. The number of hydrogen-bond acceptors (Lipinski definition) is 3. The molecule has 0 spiro atoms. The molecule has 0 atom stereocenters. The third-order valence-electron chi connectivity index (χ3n) is 5.39. The number of amides is 1. The summed E-state index contributed by atoms with van der Waals surface area (Å²) >= 11 is 0. The summed E-state index contributed by atoms with van der Waals surface area (Å²) in [6, 6.07) is 15.5. The number of rotatable bonds is 6. The number of aliphatic hydroxyl groups excluding tert-OH is 1. The van der Waals surface area contributed by atoms with Gasteiger partial charge < -0.3 is 15.3 Å². The number of carbonyl (C=O) groups excluding carboxylic acids is 1. The first-order valence-electron chi connectivity index (χ1n) is 10.3. The van der Waals surface area contributed by atoms with Crippen molar-refractivity contribution in [3.8, 4) is 11.1 Å². The van der Waals surface area contributed by atoms with Crippen LogP contribution in [0.3, 0.4) is 0 Å². The lowest BCUT2D eigenvalue weighted by Gasteiger charge is -2.33. The standard InChI is InChI=1S/C24H32N2O2/c1-24(2,18-26-15-5-3-4-6-16-26)25-23(28)22-13-11-21(12-14-22)20-9-7-19(17-27)8-10-20/h7-14,27H,3-6,15-18H2,1-2H3,(H,25,28). The maximum absolute atomic E-state index is 12.7. The predicted octanol–water partition coefficient (Wildman–Crippen LogP) is 4.23. The highest BCUT2D eigenvalue weighted by molar-refractivity contribution is 5.95. The van der Waals surface area contributed by atoms with Crippen LogP contribution < -0.4 is 5.32 Å². The fraction of sp³-hybridized carbons (Fsp3) is 0.458. The molecule has 2 N–H and O–H groups in total. The molecule has 0 radical (unpaired) electrons. The normalized spacial score (nSPS) is 15.8. The lowest BCUT2D eigenvalue weighted by atomic mass is 10.0. The first kappa shape index (κ1) is 20.6. The van der Waals surface area contributed by atoms with Crippen molar-refractivity contribution < 1.29 is 9.90 Å². The zero-order chi connectivity index (χ0) is 20.0. The van der Waals surface area contributed by atoms with Crippen LogP contribution in [0.5, 0.6) is 0 Å². The molecular weight excluding hydrogens is 348 g/mol. The van der Waals surface area contributed by atoms with Gasteiger partial charge in [-0.25, -0.2) is 0 Å². The van der Waals surface area contributed by atoms with E-state index in [0.717, 1.165) is 36.3 Å². The van der Waals surface area contributed by atoms with E-state index in [-0.39, 0.29) is 18.1 Å². The monoisotopic (exact) mass is 380 g/mol. The third-order valence-corrected chi connectivity index (χ3v) is 5.39. The minimum Gasteiger partial charge on any atom is -0.392 e. The third kappa shape index (κ3) is 5.66. The topological polar surface area (TPSA) is 52.6 Å². The molecule has 0 bridgehead atoms. The molecule has 1 aliphatic rings. The lowest BCUT2D eigenvalue weighted by molar-refractivity contribution is 0.0888. The largest absolute Gasteiger partial charge is 0.392 e. The molecule has 1 amide bonds. The Morgan fingerprint density at radius 1 is 0.929 bits per heavy atom. The van der Waals surface area contributed by atoms with Gasteiger partial charge in [-0.2, -0.15) is 0 Å². The van der Waals surface area contributed by atoms with Crippen LogP contribution in [0.2, 0.25) is 0 Å². The number of nitrogens with one attached hydrogen (secondary N) is 1. The van der Waals surface area contributed by atoms with Gasteiger partial charge in [-0.3, -0.25) is 4.79 Å². The van der Waals surface area contributed by atoms with Gasteiger partial charge in [-0.15, -0.1) is 0 Å². The van der Waals surface area contributed by atoms with E-state index in [1.54, 1.807) is 0 Å². The van der Waals surface area contributed by atoms with Gasteiger partial charge in [0.05, 0.1) is 6.61 Å². The molecule has 0 saturated carbocycles. The van der Waals surface area contributed by atoms with Crippen LogP contribution in [0, 0.1) is 0 Å². The molecule has 150 valence electrons. The van der Waals surface area contributed by atoms with Crippen molar-refractivity contribution in [1.82, 2.24) is 10.2 Å². The molecule has 0 aromatic heterocycles. The van der Waals surface area contributed by atoms with Gasteiger partial charge in [-0.05, 0) is 68.6 Å². The highest BCUT2D eigenvalue weighted by Crippen LogP contribution is 2.21. The molecule has 3 rings (SSSR count). The Bertz CT molecular complexity index is 758. The Balaban J connectivity index is 1.61. The van der Waals surface area contributed by atoms with Crippen molar-refractivity contribution >= 4 is 5.91 Å². The fourth-order valence-corrected chi connectivity index (χ4v) is 3.89. The van der Waals surface area contributed by atoms with Crippen molar-refractivity contribution in [3.63, 3.8) is 0 Å². The van der Waals surface area contributed by atoms with Crippen LogP contribution in [-0.2, 0) is 6.61 Å². The van der Waals surface area contributed by atoms with Gasteiger partial charge in [0.25, 0.3) is 5.91 Å². The molecule has 0 unspecified atom stereocenters. The van der Waals surface area contributed by atoms with Crippen LogP contribution in [0.1, 0.15) is 55.5 Å². The number of aliphatic hydroxyl groups is 1. The maximum Gasteiger partial charge on any atom is 0.251 e. The van der Waals surface area contributed by atoms with E-state index in [1.165, 1.54) is 25.7 Å². The first-order chi connectivity index (χ1) is 13.5. The van der Waals surface area contributed by atoms with Crippen LogP contribution in [0.25, 0.3) is 11.1 Å².